The third-order valence-electron chi connectivity index (χ3n) is 3.80. The van der Waals surface area contributed by atoms with Gasteiger partial charge in [-0.2, -0.15) is 0 Å². The van der Waals surface area contributed by atoms with Crippen molar-refractivity contribution in [1.29, 1.82) is 0 Å². The van der Waals surface area contributed by atoms with Crippen molar-refractivity contribution in [2.75, 3.05) is 66.7 Å². The molecule has 130 valence electrons. The number of ether oxygens (including phenoxy) is 2. The molecule has 0 aromatic heterocycles. The van der Waals surface area contributed by atoms with E-state index in [4.69, 9.17) is 9.47 Å². The van der Waals surface area contributed by atoms with Crippen LogP contribution in [-0.4, -0.2) is 77.6 Å². The molecule has 1 saturated heterocycles. The van der Waals surface area contributed by atoms with E-state index in [1.54, 1.807) is 7.11 Å². The van der Waals surface area contributed by atoms with Gasteiger partial charge in [0.25, 0.3) is 0 Å². The lowest BCUT2D eigenvalue weighted by atomic mass is 10.1. The molecule has 22 heavy (non-hydrogen) atoms. The molecule has 0 radical (unpaired) electrons. The standard InChI is InChI=1S/C16H34N4O2/c1-15(14-20-8-4-5-9-20)13-19-16(17-2)18-7-6-10-22-12-11-21-3/h15H,4-14H2,1-3H3,(H2,17,18,19). The Kier molecular flexibility index (Phi) is 11.1. The zero-order chi connectivity index (χ0) is 16.0. The van der Waals surface area contributed by atoms with Crippen LogP contribution in [0, 0.1) is 5.92 Å². The van der Waals surface area contributed by atoms with Crippen molar-refractivity contribution < 1.29 is 9.47 Å². The Morgan fingerprint density at radius 2 is 1.95 bits per heavy atom. The van der Waals surface area contributed by atoms with E-state index in [9.17, 15) is 0 Å². The van der Waals surface area contributed by atoms with E-state index in [2.05, 4.69) is 27.4 Å². The Morgan fingerprint density at radius 1 is 1.18 bits per heavy atom. The molecule has 1 heterocycles. The van der Waals surface area contributed by atoms with Crippen LogP contribution in [0.15, 0.2) is 4.99 Å². The van der Waals surface area contributed by atoms with Gasteiger partial charge in [-0.3, -0.25) is 4.99 Å². The van der Waals surface area contributed by atoms with Crippen molar-refractivity contribution in [3.8, 4) is 0 Å². The third kappa shape index (κ3) is 9.23. The van der Waals surface area contributed by atoms with Crippen LogP contribution >= 0.6 is 0 Å². The molecule has 1 unspecified atom stereocenters. The van der Waals surface area contributed by atoms with E-state index in [0.29, 0.717) is 19.1 Å². The predicted molar refractivity (Wildman–Crippen MR) is 91.5 cm³/mol. The topological polar surface area (TPSA) is 58.1 Å². The lowest BCUT2D eigenvalue weighted by Crippen LogP contribution is -2.41. The maximum absolute atomic E-state index is 5.43. The summed E-state index contributed by atoms with van der Waals surface area (Å²) in [6.45, 7) is 9.90. The summed E-state index contributed by atoms with van der Waals surface area (Å²) in [7, 11) is 3.50. The summed E-state index contributed by atoms with van der Waals surface area (Å²) < 4.78 is 10.4. The van der Waals surface area contributed by atoms with Gasteiger partial charge in [-0.25, -0.2) is 0 Å². The molecule has 0 saturated carbocycles. The van der Waals surface area contributed by atoms with E-state index >= 15 is 0 Å². The first kappa shape index (κ1) is 19.2. The van der Waals surface area contributed by atoms with Crippen molar-refractivity contribution in [3.63, 3.8) is 0 Å². The molecule has 6 heteroatoms. The quantitative estimate of drug-likeness (QED) is 0.338. The van der Waals surface area contributed by atoms with Gasteiger partial charge in [0.1, 0.15) is 0 Å². The van der Waals surface area contributed by atoms with E-state index in [0.717, 1.165) is 32.1 Å². The molecule has 0 aliphatic carbocycles. The van der Waals surface area contributed by atoms with Crippen LogP contribution in [0.4, 0.5) is 0 Å². The van der Waals surface area contributed by atoms with Crippen LogP contribution in [-0.2, 0) is 9.47 Å². The lowest BCUT2D eigenvalue weighted by Gasteiger charge is -2.21. The maximum atomic E-state index is 5.43. The highest BCUT2D eigenvalue weighted by atomic mass is 16.5. The molecule has 1 fully saturated rings. The SMILES string of the molecule is CN=C(NCCCOCCOC)NCC(C)CN1CCCC1. The number of rotatable bonds is 11. The van der Waals surface area contributed by atoms with Crippen LogP contribution in [0.5, 0.6) is 0 Å². The number of methoxy groups -OCH3 is 1. The van der Waals surface area contributed by atoms with E-state index < -0.39 is 0 Å². The first-order valence-electron chi connectivity index (χ1n) is 8.49. The smallest absolute Gasteiger partial charge is 0.190 e. The summed E-state index contributed by atoms with van der Waals surface area (Å²) in [5.74, 6) is 1.51. The number of nitrogens with one attached hydrogen (secondary N) is 2. The molecule has 1 atom stereocenters. The van der Waals surface area contributed by atoms with Gasteiger partial charge in [-0.05, 0) is 38.3 Å². The van der Waals surface area contributed by atoms with Crippen molar-refractivity contribution in [2.24, 2.45) is 10.9 Å². The summed E-state index contributed by atoms with van der Waals surface area (Å²) in [5.41, 5.74) is 0. The van der Waals surface area contributed by atoms with Crippen molar-refractivity contribution in [3.05, 3.63) is 0 Å². The number of nitrogens with zero attached hydrogens (tertiary/aromatic N) is 2. The fraction of sp³-hybridized carbons (Fsp3) is 0.938. The molecule has 0 bridgehead atoms. The summed E-state index contributed by atoms with van der Waals surface area (Å²) in [6.07, 6.45) is 3.68. The Balaban J connectivity index is 2.01. The summed E-state index contributed by atoms with van der Waals surface area (Å²) in [4.78, 5) is 6.81. The van der Waals surface area contributed by atoms with E-state index in [1.807, 2.05) is 7.05 Å². The maximum Gasteiger partial charge on any atom is 0.190 e. The molecule has 1 rings (SSSR count). The average molecular weight is 314 g/mol. The van der Waals surface area contributed by atoms with Gasteiger partial charge in [0.05, 0.1) is 13.2 Å². The van der Waals surface area contributed by atoms with Crippen molar-refractivity contribution >= 4 is 5.96 Å². The zero-order valence-electron chi connectivity index (χ0n) is 14.6. The number of hydrogen-bond donors (Lipinski definition) is 2. The second-order valence-corrected chi connectivity index (χ2v) is 5.95. The van der Waals surface area contributed by atoms with Crippen LogP contribution in [0.3, 0.4) is 0 Å². The lowest BCUT2D eigenvalue weighted by molar-refractivity contribution is 0.0698. The fourth-order valence-corrected chi connectivity index (χ4v) is 2.59. The van der Waals surface area contributed by atoms with Gasteiger partial charge in [0, 0.05) is 40.4 Å². The van der Waals surface area contributed by atoms with Gasteiger partial charge in [0.15, 0.2) is 5.96 Å². The monoisotopic (exact) mass is 314 g/mol. The van der Waals surface area contributed by atoms with Gasteiger partial charge in [-0.15, -0.1) is 0 Å². The molecule has 0 spiro atoms. The largest absolute Gasteiger partial charge is 0.382 e. The van der Waals surface area contributed by atoms with Gasteiger partial charge in [-0.1, -0.05) is 6.92 Å². The molecular weight excluding hydrogens is 280 g/mol. The van der Waals surface area contributed by atoms with Crippen LogP contribution in [0.25, 0.3) is 0 Å². The van der Waals surface area contributed by atoms with Gasteiger partial charge < -0.3 is 25.0 Å². The average Bonchev–Trinajstić information content (AvgIpc) is 3.02. The number of aliphatic imine (C=N–C) groups is 1. The molecule has 6 nitrogen and oxygen atoms in total. The second-order valence-electron chi connectivity index (χ2n) is 5.95. The molecule has 1 aliphatic rings. The summed E-state index contributed by atoms with van der Waals surface area (Å²) in [6, 6.07) is 0. The highest BCUT2D eigenvalue weighted by molar-refractivity contribution is 5.79. The first-order chi connectivity index (χ1) is 10.8. The predicted octanol–water partition coefficient (Wildman–Crippen LogP) is 0.936. The van der Waals surface area contributed by atoms with Gasteiger partial charge in [0.2, 0.25) is 0 Å². The normalized spacial score (nSPS) is 17.7. The van der Waals surface area contributed by atoms with Crippen LogP contribution in [0.2, 0.25) is 0 Å². The Morgan fingerprint density at radius 3 is 2.64 bits per heavy atom. The minimum absolute atomic E-state index is 0.633. The van der Waals surface area contributed by atoms with Crippen molar-refractivity contribution in [1.82, 2.24) is 15.5 Å². The third-order valence-corrected chi connectivity index (χ3v) is 3.80. The van der Waals surface area contributed by atoms with Gasteiger partial charge >= 0.3 is 0 Å². The molecule has 0 aromatic carbocycles. The minimum Gasteiger partial charge on any atom is -0.382 e. The molecule has 0 aromatic rings. The zero-order valence-corrected chi connectivity index (χ0v) is 14.6. The summed E-state index contributed by atoms with van der Waals surface area (Å²) in [5, 5.41) is 6.73. The highest BCUT2D eigenvalue weighted by Crippen LogP contribution is 2.09. The number of guanidine groups is 1. The van der Waals surface area contributed by atoms with E-state index in [1.165, 1.54) is 32.5 Å². The minimum atomic E-state index is 0.633. The Labute approximate surface area is 135 Å². The Hall–Kier alpha value is -0.850. The van der Waals surface area contributed by atoms with E-state index in [-0.39, 0.29) is 0 Å². The highest BCUT2D eigenvalue weighted by Gasteiger charge is 2.14. The molecule has 0 amide bonds. The second kappa shape index (κ2) is 12.7. The molecule has 1 aliphatic heterocycles. The summed E-state index contributed by atoms with van der Waals surface area (Å²) >= 11 is 0. The van der Waals surface area contributed by atoms with Crippen LogP contribution < -0.4 is 10.6 Å². The number of hydrogen-bond acceptors (Lipinski definition) is 4. The van der Waals surface area contributed by atoms with Crippen LogP contribution in [0.1, 0.15) is 26.2 Å². The van der Waals surface area contributed by atoms with Crippen molar-refractivity contribution in [2.45, 2.75) is 26.2 Å². The first-order valence-corrected chi connectivity index (χ1v) is 8.49. The molecule has 2 N–H and O–H groups in total. The Bertz CT molecular complexity index is 294. The number of likely N-dealkylation sites (tertiary alicyclic amines) is 1. The molecular formula is C16H34N4O2. The fourth-order valence-electron chi connectivity index (χ4n) is 2.59.